The first-order valence-corrected chi connectivity index (χ1v) is 8.46. The van der Waals surface area contributed by atoms with Gasteiger partial charge in [0.05, 0.1) is 12.4 Å². The fraction of sp³-hybridized carbons (Fsp3) is 0.400. The zero-order chi connectivity index (χ0) is 12.2. The van der Waals surface area contributed by atoms with Gasteiger partial charge in [0.15, 0.2) is 0 Å². The maximum Gasteiger partial charge on any atom is 0.148 e. The van der Waals surface area contributed by atoms with E-state index in [9.17, 15) is 8.42 Å². The second-order valence-corrected chi connectivity index (χ2v) is 7.65. The van der Waals surface area contributed by atoms with E-state index in [1.165, 1.54) is 18.0 Å². The molecule has 0 bridgehead atoms. The summed E-state index contributed by atoms with van der Waals surface area (Å²) in [6, 6.07) is 5.54. The molecule has 0 aliphatic rings. The van der Waals surface area contributed by atoms with Crippen LogP contribution in [0.3, 0.4) is 0 Å². The number of halogens is 1. The number of hydrogen-bond donors (Lipinski definition) is 1. The Kier molecular flexibility index (Phi) is 5.30. The van der Waals surface area contributed by atoms with Gasteiger partial charge in [0.25, 0.3) is 0 Å². The molecule has 1 aromatic carbocycles. The molecule has 1 N–H and O–H groups in total. The van der Waals surface area contributed by atoms with Gasteiger partial charge in [-0.2, -0.15) is 0 Å². The summed E-state index contributed by atoms with van der Waals surface area (Å²) in [7, 11) is -2.90. The van der Waals surface area contributed by atoms with Crippen LogP contribution in [0.4, 0.5) is 0 Å². The van der Waals surface area contributed by atoms with Gasteiger partial charge in [-0.25, -0.2) is 8.42 Å². The smallest absolute Gasteiger partial charge is 0.148 e. The van der Waals surface area contributed by atoms with E-state index in [-0.39, 0.29) is 12.4 Å². The molecular weight excluding hydrogens is 312 g/mol. The number of rotatable bonds is 5. The van der Waals surface area contributed by atoms with E-state index in [1.807, 2.05) is 18.2 Å². The summed E-state index contributed by atoms with van der Waals surface area (Å²) in [4.78, 5) is 0.987. The SMILES string of the molecule is CS(=O)(=O)CCSc1ccc(CO)cc1Br. The maximum atomic E-state index is 10.9. The molecule has 0 saturated heterocycles. The first-order valence-electron chi connectivity index (χ1n) is 4.62. The molecule has 0 fully saturated rings. The Balaban J connectivity index is 2.61. The molecule has 0 aromatic heterocycles. The summed E-state index contributed by atoms with van der Waals surface area (Å²) in [6.07, 6.45) is 1.23. The summed E-state index contributed by atoms with van der Waals surface area (Å²) >= 11 is 4.87. The van der Waals surface area contributed by atoms with Crippen molar-refractivity contribution in [3.63, 3.8) is 0 Å². The highest BCUT2D eigenvalue weighted by Crippen LogP contribution is 2.28. The minimum absolute atomic E-state index is 0.00683. The van der Waals surface area contributed by atoms with Crippen molar-refractivity contribution in [1.82, 2.24) is 0 Å². The standard InChI is InChI=1S/C10H13BrO3S2/c1-16(13,14)5-4-15-10-3-2-8(7-12)6-9(10)11/h2-3,6,12H,4-5,7H2,1H3. The molecule has 0 spiro atoms. The van der Waals surface area contributed by atoms with Gasteiger partial charge in [-0.1, -0.05) is 6.07 Å². The van der Waals surface area contributed by atoms with Gasteiger partial charge in [0.2, 0.25) is 0 Å². The molecule has 3 nitrogen and oxygen atoms in total. The van der Waals surface area contributed by atoms with E-state index in [1.54, 1.807) is 0 Å². The summed E-state index contributed by atoms with van der Waals surface area (Å²) in [6.45, 7) is 0.00683. The largest absolute Gasteiger partial charge is 0.392 e. The molecule has 0 saturated carbocycles. The molecule has 90 valence electrons. The van der Waals surface area contributed by atoms with Gasteiger partial charge in [-0.3, -0.25) is 0 Å². The van der Waals surface area contributed by atoms with Gasteiger partial charge in [0.1, 0.15) is 9.84 Å². The fourth-order valence-electron chi connectivity index (χ4n) is 1.06. The molecule has 0 aliphatic carbocycles. The van der Waals surface area contributed by atoms with Crippen molar-refractivity contribution >= 4 is 37.5 Å². The lowest BCUT2D eigenvalue weighted by Gasteiger charge is -2.05. The van der Waals surface area contributed by atoms with Crippen LogP contribution in [0, 0.1) is 0 Å². The maximum absolute atomic E-state index is 10.9. The first kappa shape index (κ1) is 14.0. The zero-order valence-electron chi connectivity index (χ0n) is 8.81. The summed E-state index contributed by atoms with van der Waals surface area (Å²) in [5, 5.41) is 8.93. The van der Waals surface area contributed by atoms with Crippen LogP contribution >= 0.6 is 27.7 Å². The van der Waals surface area contributed by atoms with Crippen LogP contribution < -0.4 is 0 Å². The highest BCUT2D eigenvalue weighted by atomic mass is 79.9. The number of sulfone groups is 1. The molecule has 0 aliphatic heterocycles. The third-order valence-corrected chi connectivity index (χ3v) is 5.09. The fourth-order valence-corrected chi connectivity index (χ4v) is 3.96. The molecule has 0 radical (unpaired) electrons. The lowest BCUT2D eigenvalue weighted by atomic mass is 10.2. The molecule has 16 heavy (non-hydrogen) atoms. The number of benzene rings is 1. The van der Waals surface area contributed by atoms with Crippen LogP contribution in [-0.4, -0.2) is 31.3 Å². The Labute approximate surface area is 108 Å². The van der Waals surface area contributed by atoms with E-state index >= 15 is 0 Å². The van der Waals surface area contributed by atoms with Crippen molar-refractivity contribution in [3.05, 3.63) is 28.2 Å². The van der Waals surface area contributed by atoms with Crippen LogP contribution in [0.5, 0.6) is 0 Å². The van der Waals surface area contributed by atoms with E-state index in [0.717, 1.165) is 14.9 Å². The summed E-state index contributed by atoms with van der Waals surface area (Å²) < 4.78 is 22.8. The highest BCUT2D eigenvalue weighted by Gasteiger charge is 2.05. The lowest BCUT2D eigenvalue weighted by molar-refractivity contribution is 0.281. The van der Waals surface area contributed by atoms with Crippen molar-refractivity contribution in [1.29, 1.82) is 0 Å². The average molecular weight is 325 g/mol. The number of aliphatic hydroxyl groups is 1. The van der Waals surface area contributed by atoms with Crippen molar-refractivity contribution < 1.29 is 13.5 Å². The van der Waals surface area contributed by atoms with Gasteiger partial charge < -0.3 is 5.11 Å². The zero-order valence-corrected chi connectivity index (χ0v) is 12.0. The Bertz CT molecular complexity index is 457. The Morgan fingerprint density at radius 2 is 2.12 bits per heavy atom. The van der Waals surface area contributed by atoms with Crippen LogP contribution in [0.2, 0.25) is 0 Å². The van der Waals surface area contributed by atoms with E-state index in [4.69, 9.17) is 5.11 Å². The van der Waals surface area contributed by atoms with Crippen molar-refractivity contribution in [2.45, 2.75) is 11.5 Å². The van der Waals surface area contributed by atoms with Gasteiger partial charge in [0, 0.05) is 21.4 Å². The van der Waals surface area contributed by atoms with Crippen LogP contribution in [0.25, 0.3) is 0 Å². The van der Waals surface area contributed by atoms with Crippen LogP contribution in [0.1, 0.15) is 5.56 Å². The minimum atomic E-state index is -2.90. The van der Waals surface area contributed by atoms with Gasteiger partial charge in [-0.05, 0) is 33.6 Å². The molecule has 0 amide bonds. The Morgan fingerprint density at radius 3 is 2.62 bits per heavy atom. The molecule has 0 unspecified atom stereocenters. The molecule has 6 heteroatoms. The second-order valence-electron chi connectivity index (χ2n) is 3.40. The van der Waals surface area contributed by atoms with Crippen molar-refractivity contribution in [2.75, 3.05) is 17.8 Å². The molecule has 0 atom stereocenters. The Morgan fingerprint density at radius 1 is 1.44 bits per heavy atom. The first-order chi connectivity index (χ1) is 7.42. The van der Waals surface area contributed by atoms with Crippen LogP contribution in [0.15, 0.2) is 27.6 Å². The number of aliphatic hydroxyl groups excluding tert-OH is 1. The topological polar surface area (TPSA) is 54.4 Å². The third-order valence-electron chi connectivity index (χ3n) is 1.89. The minimum Gasteiger partial charge on any atom is -0.392 e. The average Bonchev–Trinajstić information content (AvgIpc) is 2.18. The normalized spacial score (nSPS) is 11.7. The predicted molar refractivity (Wildman–Crippen MR) is 70.5 cm³/mol. The van der Waals surface area contributed by atoms with Crippen molar-refractivity contribution in [2.24, 2.45) is 0 Å². The predicted octanol–water partition coefficient (Wildman–Crippen LogP) is 2.08. The molecular formula is C10H13BrO3S2. The number of thioether (sulfide) groups is 1. The lowest BCUT2D eigenvalue weighted by Crippen LogP contribution is -2.04. The van der Waals surface area contributed by atoms with E-state index in [0.29, 0.717) is 5.75 Å². The number of hydrogen-bond acceptors (Lipinski definition) is 4. The third kappa shape index (κ3) is 4.86. The van der Waals surface area contributed by atoms with E-state index < -0.39 is 9.84 Å². The molecule has 1 rings (SSSR count). The summed E-state index contributed by atoms with van der Waals surface area (Å²) in [5.74, 6) is 0.710. The molecule has 1 aromatic rings. The monoisotopic (exact) mass is 324 g/mol. The van der Waals surface area contributed by atoms with Crippen molar-refractivity contribution in [3.8, 4) is 0 Å². The highest BCUT2D eigenvalue weighted by molar-refractivity contribution is 9.10. The second kappa shape index (κ2) is 6.05. The molecule has 0 heterocycles. The summed E-state index contributed by atoms with van der Waals surface area (Å²) in [5.41, 5.74) is 0.833. The van der Waals surface area contributed by atoms with Gasteiger partial charge >= 0.3 is 0 Å². The van der Waals surface area contributed by atoms with Crippen LogP contribution in [-0.2, 0) is 16.4 Å². The quantitative estimate of drug-likeness (QED) is 0.842. The van der Waals surface area contributed by atoms with Gasteiger partial charge in [-0.15, -0.1) is 11.8 Å². The Hall–Kier alpha value is -0.0400. The van der Waals surface area contributed by atoms with E-state index in [2.05, 4.69) is 15.9 Å².